The summed E-state index contributed by atoms with van der Waals surface area (Å²) in [4.78, 5) is 15.6. The van der Waals surface area contributed by atoms with Gasteiger partial charge in [0.2, 0.25) is 4.91 Å². The Morgan fingerprint density at radius 3 is 2.53 bits per heavy atom. The summed E-state index contributed by atoms with van der Waals surface area (Å²) in [6, 6.07) is 14.8. The number of nitrogens with zero attached hydrogens (tertiary/aromatic N) is 1. The molecule has 7 heteroatoms. The van der Waals surface area contributed by atoms with Crippen molar-refractivity contribution in [2.24, 2.45) is 0 Å². The third-order valence-electron chi connectivity index (χ3n) is 6.54. The van der Waals surface area contributed by atoms with Gasteiger partial charge in [-0.2, -0.15) is 0 Å². The van der Waals surface area contributed by atoms with E-state index in [0.717, 1.165) is 74.2 Å². The van der Waals surface area contributed by atoms with Gasteiger partial charge in [0, 0.05) is 44.4 Å². The number of piperidine rings is 2. The van der Waals surface area contributed by atoms with Crippen molar-refractivity contribution in [1.29, 1.82) is 0 Å². The van der Waals surface area contributed by atoms with Gasteiger partial charge in [-0.1, -0.05) is 35.9 Å². The SMILES string of the molecule is Cc1ccc(/C=C(\[SH2+])C(=O)NC2CCN(Cc3ccc(OC4CCNCC4)c(Br)c3)CC2)cc1. The molecule has 5 nitrogen and oxygen atoms in total. The van der Waals surface area contributed by atoms with Crippen LogP contribution in [0.5, 0.6) is 5.75 Å². The fraction of sp³-hybridized carbons (Fsp3) is 0.444. The molecule has 0 bridgehead atoms. The number of halogens is 1. The fourth-order valence-corrected chi connectivity index (χ4v) is 5.24. The van der Waals surface area contributed by atoms with E-state index < -0.39 is 0 Å². The number of hydrogen-bond acceptors (Lipinski definition) is 4. The molecule has 4 rings (SSSR count). The third kappa shape index (κ3) is 7.35. The Hall–Kier alpha value is -1.80. The molecule has 2 N–H and O–H groups in total. The van der Waals surface area contributed by atoms with Crippen molar-refractivity contribution in [3.05, 3.63) is 68.5 Å². The minimum Gasteiger partial charge on any atom is -0.489 e. The molecule has 0 spiro atoms. The van der Waals surface area contributed by atoms with Gasteiger partial charge < -0.3 is 15.4 Å². The molecule has 182 valence electrons. The standard InChI is InChI=1S/C27H34BrN3O2S/c1-19-2-4-20(5-3-19)17-26(34)27(32)30-22-10-14-31(15-11-22)18-21-6-7-25(24(28)16-21)33-23-8-12-29-13-9-23/h2-7,16-17,22-23,29,34H,8-15,18H2,1H3,(H,30,32)/p+1/b26-17-. The molecule has 1 amide bonds. The highest BCUT2D eigenvalue weighted by molar-refractivity contribution is 9.10. The average Bonchev–Trinajstić information content (AvgIpc) is 2.84. The summed E-state index contributed by atoms with van der Waals surface area (Å²) in [7, 11) is 0. The maximum Gasteiger partial charge on any atom is 0.299 e. The number of ether oxygens (including phenoxy) is 1. The number of carbonyl (C=O) groups is 1. The largest absolute Gasteiger partial charge is 0.489 e. The van der Waals surface area contributed by atoms with Gasteiger partial charge in [0.25, 0.3) is 5.91 Å². The predicted molar refractivity (Wildman–Crippen MR) is 146 cm³/mol. The number of rotatable bonds is 7. The summed E-state index contributed by atoms with van der Waals surface area (Å²) in [6.45, 7) is 6.94. The van der Waals surface area contributed by atoms with Gasteiger partial charge in [-0.3, -0.25) is 9.69 Å². The van der Waals surface area contributed by atoms with Gasteiger partial charge in [0.15, 0.2) is 0 Å². The molecule has 2 aliphatic rings. The highest BCUT2D eigenvalue weighted by Crippen LogP contribution is 2.29. The first-order chi connectivity index (χ1) is 16.5. The lowest BCUT2D eigenvalue weighted by Gasteiger charge is -2.32. The van der Waals surface area contributed by atoms with Crippen LogP contribution in [0.3, 0.4) is 0 Å². The normalized spacial score (nSPS) is 18.6. The number of carbonyl (C=O) groups excluding carboxylic acids is 1. The minimum absolute atomic E-state index is 0.0519. The number of hydrogen-bond donors (Lipinski definition) is 2. The van der Waals surface area contributed by atoms with Crippen LogP contribution >= 0.6 is 15.9 Å². The summed E-state index contributed by atoms with van der Waals surface area (Å²) in [5, 5.41) is 6.55. The molecule has 2 aromatic rings. The lowest BCUT2D eigenvalue weighted by atomic mass is 10.0. The molecule has 0 aliphatic carbocycles. The summed E-state index contributed by atoms with van der Waals surface area (Å²) in [5.41, 5.74) is 3.49. The number of likely N-dealkylation sites (tertiary alicyclic amines) is 1. The third-order valence-corrected chi connectivity index (χ3v) is 7.53. The fourth-order valence-electron chi connectivity index (χ4n) is 4.48. The molecular weight excluding hydrogens is 510 g/mol. The van der Waals surface area contributed by atoms with Crippen LogP contribution < -0.4 is 15.4 Å². The van der Waals surface area contributed by atoms with Crippen LogP contribution in [0.4, 0.5) is 0 Å². The first kappa shape index (κ1) is 25.3. The van der Waals surface area contributed by atoms with Crippen LogP contribution in [0.25, 0.3) is 6.08 Å². The second kappa shape index (κ2) is 12.2. The number of aryl methyl sites for hydroxylation is 1. The Balaban J connectivity index is 1.23. The Kier molecular flexibility index (Phi) is 9.11. The Morgan fingerprint density at radius 2 is 1.85 bits per heavy atom. The molecular formula is C27H35BrN3O2S+. The van der Waals surface area contributed by atoms with Crippen molar-refractivity contribution in [3.63, 3.8) is 0 Å². The molecule has 34 heavy (non-hydrogen) atoms. The van der Waals surface area contributed by atoms with E-state index >= 15 is 0 Å². The van der Waals surface area contributed by atoms with Crippen LogP contribution in [0.15, 0.2) is 51.8 Å². The summed E-state index contributed by atoms with van der Waals surface area (Å²) in [6.07, 6.45) is 6.18. The zero-order valence-electron chi connectivity index (χ0n) is 19.8. The van der Waals surface area contributed by atoms with E-state index in [1.807, 2.05) is 30.3 Å². The maximum absolute atomic E-state index is 12.6. The van der Waals surface area contributed by atoms with Crippen molar-refractivity contribution in [3.8, 4) is 5.75 Å². The highest BCUT2D eigenvalue weighted by atomic mass is 79.9. The first-order valence-electron chi connectivity index (χ1n) is 12.2. The Labute approximate surface area is 216 Å². The van der Waals surface area contributed by atoms with Gasteiger partial charge >= 0.3 is 0 Å². The van der Waals surface area contributed by atoms with Gasteiger partial charge in [0.05, 0.1) is 4.47 Å². The molecule has 2 fully saturated rings. The van der Waals surface area contributed by atoms with E-state index in [1.165, 1.54) is 11.1 Å². The summed E-state index contributed by atoms with van der Waals surface area (Å²) < 4.78 is 7.22. The van der Waals surface area contributed by atoms with Gasteiger partial charge in [-0.15, -0.1) is 0 Å². The van der Waals surface area contributed by atoms with E-state index in [-0.39, 0.29) is 11.9 Å². The lowest BCUT2D eigenvalue weighted by Crippen LogP contribution is -2.44. The lowest BCUT2D eigenvalue weighted by molar-refractivity contribution is -0.117. The smallest absolute Gasteiger partial charge is 0.299 e. The number of nitrogens with one attached hydrogen (secondary N) is 2. The van der Waals surface area contributed by atoms with Crippen LogP contribution in [-0.2, 0) is 24.0 Å². The molecule has 2 saturated heterocycles. The maximum atomic E-state index is 12.6. The van der Waals surface area contributed by atoms with Crippen LogP contribution in [0, 0.1) is 6.92 Å². The van der Waals surface area contributed by atoms with Crippen molar-refractivity contribution >= 4 is 40.5 Å². The van der Waals surface area contributed by atoms with E-state index in [2.05, 4.69) is 69.2 Å². The van der Waals surface area contributed by atoms with Crippen molar-refractivity contribution in [1.82, 2.24) is 15.5 Å². The minimum atomic E-state index is -0.0519. The zero-order chi connectivity index (χ0) is 23.9. The van der Waals surface area contributed by atoms with Crippen molar-refractivity contribution in [2.45, 2.75) is 51.3 Å². The second-order valence-electron chi connectivity index (χ2n) is 9.32. The van der Waals surface area contributed by atoms with E-state index in [9.17, 15) is 4.79 Å². The topological polar surface area (TPSA) is 53.6 Å². The molecule has 0 aromatic heterocycles. The van der Waals surface area contributed by atoms with E-state index in [4.69, 9.17) is 4.74 Å². The monoisotopic (exact) mass is 544 g/mol. The highest BCUT2D eigenvalue weighted by Gasteiger charge is 2.23. The van der Waals surface area contributed by atoms with Crippen molar-refractivity contribution < 1.29 is 9.53 Å². The quantitative estimate of drug-likeness (QED) is 0.408. The molecule has 2 heterocycles. The number of amides is 1. The second-order valence-corrected chi connectivity index (χ2v) is 10.7. The Morgan fingerprint density at radius 1 is 1.15 bits per heavy atom. The molecule has 2 aromatic carbocycles. The summed E-state index contributed by atoms with van der Waals surface area (Å²) in [5.74, 6) is 0.880. The van der Waals surface area contributed by atoms with E-state index in [1.54, 1.807) is 0 Å². The van der Waals surface area contributed by atoms with Gasteiger partial charge in [-0.25, -0.2) is 0 Å². The van der Waals surface area contributed by atoms with E-state index in [0.29, 0.717) is 11.0 Å². The first-order valence-corrected chi connectivity index (χ1v) is 13.4. The average molecular weight is 546 g/mol. The van der Waals surface area contributed by atoms with Crippen molar-refractivity contribution in [2.75, 3.05) is 26.2 Å². The Bertz CT molecular complexity index is 997. The van der Waals surface area contributed by atoms with Crippen LogP contribution in [-0.4, -0.2) is 49.1 Å². The molecule has 0 radical (unpaired) electrons. The van der Waals surface area contributed by atoms with Gasteiger partial charge in [0.1, 0.15) is 11.9 Å². The molecule has 0 unspecified atom stereocenters. The molecule has 2 aliphatic heterocycles. The molecule has 0 atom stereocenters. The number of benzene rings is 2. The zero-order valence-corrected chi connectivity index (χ0v) is 22.4. The predicted octanol–water partition coefficient (Wildman–Crippen LogP) is 4.02. The van der Waals surface area contributed by atoms with Crippen LogP contribution in [0.2, 0.25) is 0 Å². The van der Waals surface area contributed by atoms with Gasteiger partial charge in [-0.05, 0) is 84.9 Å². The van der Waals surface area contributed by atoms with Crippen LogP contribution in [0.1, 0.15) is 42.4 Å². The summed E-state index contributed by atoms with van der Waals surface area (Å²) >= 11 is 7.20. The molecule has 0 saturated carbocycles.